The number of anilines is 2. The van der Waals surface area contributed by atoms with Gasteiger partial charge in [-0.05, 0) is 56.2 Å². The first kappa shape index (κ1) is 19.7. The van der Waals surface area contributed by atoms with E-state index in [2.05, 4.69) is 33.6 Å². The van der Waals surface area contributed by atoms with Crippen molar-refractivity contribution >= 4 is 40.4 Å². The minimum Gasteiger partial charge on any atom is -0.384 e. The van der Waals surface area contributed by atoms with Crippen molar-refractivity contribution in [2.45, 2.75) is 27.3 Å². The van der Waals surface area contributed by atoms with E-state index in [1.165, 1.54) is 10.4 Å². The van der Waals surface area contributed by atoms with Crippen molar-refractivity contribution in [3.63, 3.8) is 0 Å². The number of hydrogen-bond donors (Lipinski definition) is 1. The van der Waals surface area contributed by atoms with E-state index < -0.39 is 0 Å². The highest BCUT2D eigenvalue weighted by atomic mass is 35.5. The Morgan fingerprint density at radius 3 is 2.58 bits per heavy atom. The van der Waals surface area contributed by atoms with Crippen molar-refractivity contribution in [1.82, 2.24) is 19.7 Å². The molecule has 0 fully saturated rings. The molecular formula is C22H20ClN7S. The zero-order chi connectivity index (χ0) is 21.7. The van der Waals surface area contributed by atoms with Crippen LogP contribution in [0.3, 0.4) is 0 Å². The number of hydrogen-bond acceptors (Lipinski definition) is 7. The Morgan fingerprint density at radius 2 is 1.84 bits per heavy atom. The smallest absolute Gasteiger partial charge is 0.253 e. The second kappa shape index (κ2) is 7.47. The first-order valence-electron chi connectivity index (χ1n) is 9.77. The van der Waals surface area contributed by atoms with E-state index in [0.29, 0.717) is 23.3 Å². The lowest BCUT2D eigenvalue weighted by molar-refractivity contribution is 0.797. The normalized spacial score (nSPS) is 12.9. The van der Waals surface area contributed by atoms with Crippen LogP contribution < -0.4 is 10.7 Å². The molecule has 5 rings (SSSR count). The lowest BCUT2D eigenvalue weighted by Gasteiger charge is -2.18. The average molecular weight is 450 g/mol. The fourth-order valence-electron chi connectivity index (χ4n) is 3.70. The van der Waals surface area contributed by atoms with Crippen LogP contribution in [0.2, 0.25) is 5.02 Å². The summed E-state index contributed by atoms with van der Waals surface area (Å²) in [5, 5.41) is 17.5. The molecule has 2 N–H and O–H groups in total. The predicted molar refractivity (Wildman–Crippen MR) is 125 cm³/mol. The number of pyridine rings is 1. The minimum atomic E-state index is 0.470. The maximum Gasteiger partial charge on any atom is 0.253 e. The van der Waals surface area contributed by atoms with Gasteiger partial charge in [-0.25, -0.2) is 9.99 Å². The van der Waals surface area contributed by atoms with Crippen LogP contribution in [0, 0.1) is 20.8 Å². The van der Waals surface area contributed by atoms with Gasteiger partial charge in [0.05, 0.1) is 6.54 Å². The molecule has 4 heterocycles. The molecule has 1 aliphatic rings. The lowest BCUT2D eigenvalue weighted by atomic mass is 10.00. The first-order valence-corrected chi connectivity index (χ1v) is 11.0. The third-order valence-corrected chi connectivity index (χ3v) is 6.81. The summed E-state index contributed by atoms with van der Waals surface area (Å²) in [6.07, 6.45) is 1.70. The third-order valence-electron chi connectivity index (χ3n) is 5.36. The zero-order valence-corrected chi connectivity index (χ0v) is 18.9. The SMILES string of the molecule is Cc1sc2c(c1C)C(c1ccc(Cl)cc1)=NN(Cc1ccnc(N)c1)c1nnc(C)n1-2. The van der Waals surface area contributed by atoms with Crippen LogP contribution >= 0.6 is 22.9 Å². The van der Waals surface area contributed by atoms with Crippen molar-refractivity contribution in [3.8, 4) is 5.00 Å². The number of fused-ring (bicyclic) bond motifs is 3. The van der Waals surface area contributed by atoms with E-state index in [1.807, 2.05) is 48.3 Å². The minimum absolute atomic E-state index is 0.470. The summed E-state index contributed by atoms with van der Waals surface area (Å²) in [5.74, 6) is 1.95. The zero-order valence-electron chi connectivity index (χ0n) is 17.3. The molecule has 0 amide bonds. The maximum atomic E-state index is 6.16. The van der Waals surface area contributed by atoms with Gasteiger partial charge in [0.1, 0.15) is 22.4 Å². The van der Waals surface area contributed by atoms with E-state index in [4.69, 9.17) is 22.4 Å². The largest absolute Gasteiger partial charge is 0.384 e. The highest BCUT2D eigenvalue weighted by molar-refractivity contribution is 7.15. The first-order chi connectivity index (χ1) is 14.9. The molecule has 0 saturated heterocycles. The Bertz CT molecular complexity index is 1320. The number of rotatable bonds is 3. The molecule has 31 heavy (non-hydrogen) atoms. The molecule has 3 aromatic heterocycles. The number of aryl methyl sites for hydroxylation is 2. The summed E-state index contributed by atoms with van der Waals surface area (Å²) >= 11 is 7.88. The molecule has 9 heteroatoms. The number of hydrazone groups is 1. The van der Waals surface area contributed by atoms with Crippen molar-refractivity contribution < 1.29 is 0 Å². The molecular weight excluding hydrogens is 430 g/mol. The number of benzene rings is 1. The van der Waals surface area contributed by atoms with Crippen LogP contribution in [0.5, 0.6) is 0 Å². The molecule has 1 aliphatic heterocycles. The Balaban J connectivity index is 1.75. The molecule has 0 radical (unpaired) electrons. The van der Waals surface area contributed by atoms with E-state index in [1.54, 1.807) is 17.5 Å². The van der Waals surface area contributed by atoms with Crippen LogP contribution in [0.4, 0.5) is 11.8 Å². The number of nitrogens with two attached hydrogens (primary N) is 1. The van der Waals surface area contributed by atoms with Crippen molar-refractivity contribution in [2.24, 2.45) is 5.10 Å². The highest BCUT2D eigenvalue weighted by Gasteiger charge is 2.30. The van der Waals surface area contributed by atoms with E-state index in [-0.39, 0.29) is 0 Å². The number of nitrogen functional groups attached to an aromatic ring is 1. The third kappa shape index (κ3) is 3.37. The summed E-state index contributed by atoms with van der Waals surface area (Å²) in [6.45, 7) is 6.70. The molecule has 0 atom stereocenters. The Hall–Kier alpha value is -3.23. The predicted octanol–water partition coefficient (Wildman–Crippen LogP) is 4.66. The average Bonchev–Trinajstić information content (AvgIpc) is 3.21. The Morgan fingerprint density at radius 1 is 1.06 bits per heavy atom. The number of halogens is 1. The molecule has 0 unspecified atom stereocenters. The number of aromatic nitrogens is 4. The number of nitrogens with zero attached hydrogens (tertiary/aromatic N) is 6. The van der Waals surface area contributed by atoms with Crippen LogP contribution in [-0.2, 0) is 6.54 Å². The van der Waals surface area contributed by atoms with Gasteiger partial charge in [-0.15, -0.1) is 21.5 Å². The summed E-state index contributed by atoms with van der Waals surface area (Å²) in [7, 11) is 0. The quantitative estimate of drug-likeness (QED) is 0.491. The van der Waals surface area contributed by atoms with Gasteiger partial charge in [-0.3, -0.25) is 4.57 Å². The second-order valence-corrected chi connectivity index (χ2v) is 9.09. The Kier molecular flexibility index (Phi) is 4.75. The summed E-state index contributed by atoms with van der Waals surface area (Å²) in [4.78, 5) is 5.33. The van der Waals surface area contributed by atoms with Crippen molar-refractivity contribution in [2.75, 3.05) is 10.7 Å². The molecule has 0 spiro atoms. The van der Waals surface area contributed by atoms with Crippen LogP contribution in [-0.4, -0.2) is 25.5 Å². The van der Waals surface area contributed by atoms with E-state index in [0.717, 1.165) is 33.2 Å². The summed E-state index contributed by atoms with van der Waals surface area (Å²) < 4.78 is 2.08. The van der Waals surface area contributed by atoms with Crippen molar-refractivity contribution in [1.29, 1.82) is 0 Å². The summed E-state index contributed by atoms with van der Waals surface area (Å²) in [6, 6.07) is 11.5. The lowest BCUT2D eigenvalue weighted by Crippen LogP contribution is -2.21. The van der Waals surface area contributed by atoms with E-state index >= 15 is 0 Å². The fraction of sp³-hybridized carbons (Fsp3) is 0.182. The molecule has 0 bridgehead atoms. The van der Waals surface area contributed by atoms with Crippen LogP contribution in [0.25, 0.3) is 5.00 Å². The van der Waals surface area contributed by atoms with E-state index in [9.17, 15) is 0 Å². The van der Waals surface area contributed by atoms with Gasteiger partial charge in [-0.2, -0.15) is 5.10 Å². The standard InChI is InChI=1S/C22H20ClN7S/c1-12-13(2)31-21-19(12)20(16-4-6-17(23)7-5-16)28-29(22-27-26-14(3)30(21)22)11-15-8-9-25-18(24)10-15/h4-10H,11H2,1-3H3,(H2,24,25). The summed E-state index contributed by atoms with van der Waals surface area (Å²) in [5.41, 5.74) is 11.0. The van der Waals surface area contributed by atoms with Crippen LogP contribution in [0.15, 0.2) is 47.7 Å². The van der Waals surface area contributed by atoms with Gasteiger partial charge in [0.25, 0.3) is 5.95 Å². The second-order valence-electron chi connectivity index (χ2n) is 7.45. The molecule has 0 aliphatic carbocycles. The van der Waals surface area contributed by atoms with Crippen molar-refractivity contribution in [3.05, 3.63) is 80.6 Å². The topological polar surface area (TPSA) is 85.2 Å². The monoisotopic (exact) mass is 449 g/mol. The van der Waals surface area contributed by atoms with Gasteiger partial charge in [0.2, 0.25) is 0 Å². The van der Waals surface area contributed by atoms with Crippen LogP contribution in [0.1, 0.15) is 33.0 Å². The van der Waals surface area contributed by atoms with Gasteiger partial charge in [-0.1, -0.05) is 23.7 Å². The Labute approximate surface area is 188 Å². The fourth-order valence-corrected chi connectivity index (χ4v) is 5.03. The molecule has 0 saturated carbocycles. The number of thiophene rings is 1. The molecule has 4 aromatic rings. The van der Waals surface area contributed by atoms with Gasteiger partial charge >= 0.3 is 0 Å². The molecule has 156 valence electrons. The van der Waals surface area contributed by atoms with Gasteiger partial charge in [0.15, 0.2) is 0 Å². The highest BCUT2D eigenvalue weighted by Crippen LogP contribution is 2.38. The van der Waals surface area contributed by atoms with Gasteiger partial charge in [0, 0.05) is 27.2 Å². The maximum absolute atomic E-state index is 6.16. The molecule has 1 aromatic carbocycles. The molecule has 7 nitrogen and oxygen atoms in total. The van der Waals surface area contributed by atoms with Gasteiger partial charge < -0.3 is 5.73 Å².